The largest absolute Gasteiger partial charge is 0.389 e. The van der Waals surface area contributed by atoms with E-state index in [1.165, 1.54) is 11.1 Å². The minimum atomic E-state index is -0.192. The molecule has 0 bridgehead atoms. The lowest BCUT2D eigenvalue weighted by Crippen LogP contribution is -2.09. The molecular formula is C11H14OS. The molecule has 1 N–H and O–H groups in total. The highest BCUT2D eigenvalue weighted by molar-refractivity contribution is 7.07. The van der Waals surface area contributed by atoms with Crippen molar-refractivity contribution in [2.45, 2.75) is 31.8 Å². The van der Waals surface area contributed by atoms with E-state index in [0.717, 1.165) is 25.7 Å². The van der Waals surface area contributed by atoms with Crippen LogP contribution in [0.2, 0.25) is 0 Å². The molecule has 1 nitrogen and oxygen atoms in total. The number of thiophene rings is 1. The van der Waals surface area contributed by atoms with Crippen molar-refractivity contribution >= 4 is 11.3 Å². The topological polar surface area (TPSA) is 20.2 Å². The fourth-order valence-electron chi connectivity index (χ4n) is 1.78. The molecule has 0 aromatic carbocycles. The van der Waals surface area contributed by atoms with E-state index in [0.29, 0.717) is 0 Å². The van der Waals surface area contributed by atoms with Crippen LogP contribution in [0.4, 0.5) is 0 Å². The maximum Gasteiger partial charge on any atom is 0.0723 e. The first kappa shape index (κ1) is 8.97. The monoisotopic (exact) mass is 194 g/mol. The van der Waals surface area contributed by atoms with Gasteiger partial charge in [-0.15, -0.1) is 0 Å². The summed E-state index contributed by atoms with van der Waals surface area (Å²) < 4.78 is 0. The molecule has 0 aliphatic heterocycles. The second kappa shape index (κ2) is 4.07. The molecule has 0 amide bonds. The summed E-state index contributed by atoms with van der Waals surface area (Å²) >= 11 is 1.74. The van der Waals surface area contributed by atoms with Gasteiger partial charge in [-0.05, 0) is 48.1 Å². The molecule has 70 valence electrons. The summed E-state index contributed by atoms with van der Waals surface area (Å²) in [7, 11) is 0. The van der Waals surface area contributed by atoms with Crippen LogP contribution >= 0.6 is 11.3 Å². The SMILES string of the molecule is OC1C=C(Cc2ccsc2)CCC1. The van der Waals surface area contributed by atoms with E-state index in [1.807, 2.05) is 6.08 Å². The van der Waals surface area contributed by atoms with Crippen LogP contribution in [0.15, 0.2) is 28.5 Å². The van der Waals surface area contributed by atoms with Crippen molar-refractivity contribution in [2.75, 3.05) is 0 Å². The highest BCUT2D eigenvalue weighted by atomic mass is 32.1. The van der Waals surface area contributed by atoms with E-state index in [1.54, 1.807) is 11.3 Å². The number of aliphatic hydroxyl groups excluding tert-OH is 1. The van der Waals surface area contributed by atoms with Gasteiger partial charge in [-0.2, -0.15) is 11.3 Å². The summed E-state index contributed by atoms with van der Waals surface area (Å²) in [6, 6.07) is 2.16. The molecule has 1 atom stereocenters. The number of rotatable bonds is 2. The number of hydrogen-bond acceptors (Lipinski definition) is 2. The normalized spacial score (nSPS) is 22.8. The van der Waals surface area contributed by atoms with E-state index < -0.39 is 0 Å². The minimum absolute atomic E-state index is 0.192. The van der Waals surface area contributed by atoms with Crippen LogP contribution in [-0.2, 0) is 6.42 Å². The Morgan fingerprint density at radius 2 is 2.46 bits per heavy atom. The molecule has 1 aromatic heterocycles. The molecule has 2 rings (SSSR count). The third-order valence-corrected chi connectivity index (χ3v) is 3.17. The van der Waals surface area contributed by atoms with Gasteiger partial charge in [-0.1, -0.05) is 11.6 Å². The molecule has 1 aliphatic rings. The van der Waals surface area contributed by atoms with Crippen molar-refractivity contribution < 1.29 is 5.11 Å². The van der Waals surface area contributed by atoms with Crippen molar-refractivity contribution in [3.63, 3.8) is 0 Å². The van der Waals surface area contributed by atoms with Crippen molar-refractivity contribution in [1.82, 2.24) is 0 Å². The third kappa shape index (κ3) is 2.42. The van der Waals surface area contributed by atoms with Crippen LogP contribution in [0.25, 0.3) is 0 Å². The van der Waals surface area contributed by atoms with Gasteiger partial charge < -0.3 is 5.11 Å². The van der Waals surface area contributed by atoms with Gasteiger partial charge in [0.1, 0.15) is 0 Å². The molecule has 0 spiro atoms. The summed E-state index contributed by atoms with van der Waals surface area (Å²) in [5, 5.41) is 13.7. The van der Waals surface area contributed by atoms with Gasteiger partial charge >= 0.3 is 0 Å². The zero-order valence-corrected chi connectivity index (χ0v) is 8.39. The summed E-state index contributed by atoms with van der Waals surface area (Å²) in [6.07, 6.45) is 6.10. The second-order valence-electron chi connectivity index (χ2n) is 3.59. The molecular weight excluding hydrogens is 180 g/mol. The molecule has 13 heavy (non-hydrogen) atoms. The molecule has 0 fully saturated rings. The lowest BCUT2D eigenvalue weighted by Gasteiger charge is -2.16. The summed E-state index contributed by atoms with van der Waals surface area (Å²) in [5.41, 5.74) is 2.78. The van der Waals surface area contributed by atoms with Crippen molar-refractivity contribution in [1.29, 1.82) is 0 Å². The molecule has 0 radical (unpaired) electrons. The average molecular weight is 194 g/mol. The molecule has 1 aromatic rings. The Kier molecular flexibility index (Phi) is 2.81. The Labute approximate surface area is 82.7 Å². The lowest BCUT2D eigenvalue weighted by atomic mass is 9.94. The fourth-order valence-corrected chi connectivity index (χ4v) is 2.45. The fraction of sp³-hybridized carbons (Fsp3) is 0.455. The summed E-state index contributed by atoms with van der Waals surface area (Å²) in [4.78, 5) is 0. The Bertz CT molecular complexity index is 287. The molecule has 0 saturated heterocycles. The van der Waals surface area contributed by atoms with Gasteiger partial charge in [0.05, 0.1) is 6.10 Å². The van der Waals surface area contributed by atoms with Crippen LogP contribution in [0.3, 0.4) is 0 Å². The maximum atomic E-state index is 9.43. The molecule has 1 unspecified atom stereocenters. The third-order valence-electron chi connectivity index (χ3n) is 2.44. The van der Waals surface area contributed by atoms with Gasteiger partial charge in [-0.25, -0.2) is 0 Å². The molecule has 1 aliphatic carbocycles. The predicted molar refractivity (Wildman–Crippen MR) is 56.0 cm³/mol. The van der Waals surface area contributed by atoms with Gasteiger partial charge in [0.2, 0.25) is 0 Å². The van der Waals surface area contributed by atoms with Crippen LogP contribution in [0.1, 0.15) is 24.8 Å². The van der Waals surface area contributed by atoms with E-state index in [9.17, 15) is 5.11 Å². The van der Waals surface area contributed by atoms with Gasteiger partial charge in [-0.3, -0.25) is 0 Å². The van der Waals surface area contributed by atoms with Crippen molar-refractivity contribution in [2.24, 2.45) is 0 Å². The Hall–Kier alpha value is -0.600. The lowest BCUT2D eigenvalue weighted by molar-refractivity contribution is 0.202. The van der Waals surface area contributed by atoms with Crippen LogP contribution in [-0.4, -0.2) is 11.2 Å². The number of aliphatic hydroxyl groups is 1. The quantitative estimate of drug-likeness (QED) is 0.718. The average Bonchev–Trinajstić information content (AvgIpc) is 2.57. The predicted octanol–water partition coefficient (Wildman–Crippen LogP) is 2.76. The van der Waals surface area contributed by atoms with Gasteiger partial charge in [0.25, 0.3) is 0 Å². The zero-order chi connectivity index (χ0) is 9.10. The van der Waals surface area contributed by atoms with E-state index in [2.05, 4.69) is 16.8 Å². The smallest absolute Gasteiger partial charge is 0.0723 e. The Morgan fingerprint density at radius 1 is 1.54 bits per heavy atom. The Balaban J connectivity index is 2.02. The highest BCUT2D eigenvalue weighted by Gasteiger charge is 2.10. The van der Waals surface area contributed by atoms with Crippen molar-refractivity contribution in [3.05, 3.63) is 34.0 Å². The Morgan fingerprint density at radius 3 is 3.15 bits per heavy atom. The van der Waals surface area contributed by atoms with Gasteiger partial charge in [0.15, 0.2) is 0 Å². The maximum absolute atomic E-state index is 9.43. The van der Waals surface area contributed by atoms with E-state index in [-0.39, 0.29) is 6.10 Å². The van der Waals surface area contributed by atoms with Gasteiger partial charge in [0, 0.05) is 0 Å². The van der Waals surface area contributed by atoms with Crippen molar-refractivity contribution in [3.8, 4) is 0 Å². The first-order chi connectivity index (χ1) is 6.34. The summed E-state index contributed by atoms with van der Waals surface area (Å²) in [6.45, 7) is 0. The van der Waals surface area contributed by atoms with E-state index >= 15 is 0 Å². The zero-order valence-electron chi connectivity index (χ0n) is 7.57. The highest BCUT2D eigenvalue weighted by Crippen LogP contribution is 2.22. The molecule has 0 saturated carbocycles. The first-order valence-corrected chi connectivity index (χ1v) is 5.67. The number of allylic oxidation sites excluding steroid dienone is 1. The van der Waals surface area contributed by atoms with Crippen LogP contribution < -0.4 is 0 Å². The first-order valence-electron chi connectivity index (χ1n) is 4.73. The summed E-state index contributed by atoms with van der Waals surface area (Å²) in [5.74, 6) is 0. The van der Waals surface area contributed by atoms with E-state index in [4.69, 9.17) is 0 Å². The standard InChI is InChI=1S/C11H14OS/c12-11-3-1-2-9(7-11)6-10-4-5-13-8-10/h4-5,7-8,11-12H,1-3,6H2. The van der Waals surface area contributed by atoms with Crippen LogP contribution in [0.5, 0.6) is 0 Å². The minimum Gasteiger partial charge on any atom is -0.389 e. The molecule has 1 heterocycles. The van der Waals surface area contributed by atoms with Crippen LogP contribution in [0, 0.1) is 0 Å². The number of hydrogen-bond donors (Lipinski definition) is 1. The second-order valence-corrected chi connectivity index (χ2v) is 4.37. The molecule has 2 heteroatoms.